The van der Waals surface area contributed by atoms with E-state index in [9.17, 15) is 0 Å². The average molecular weight is 432 g/mol. The highest BCUT2D eigenvalue weighted by atomic mass is 31.1. The summed E-state index contributed by atoms with van der Waals surface area (Å²) in [4.78, 5) is 0. The minimum absolute atomic E-state index is 0.644. The van der Waals surface area contributed by atoms with Crippen LogP contribution in [-0.4, -0.2) is 16.4 Å². The van der Waals surface area contributed by atoms with Gasteiger partial charge in [-0.3, -0.25) is 5.43 Å². The Morgan fingerprint density at radius 2 is 1.31 bits per heavy atom. The maximum absolute atomic E-state index is 4.53. The van der Waals surface area contributed by atoms with Crippen LogP contribution in [0.5, 0.6) is 0 Å². The van der Waals surface area contributed by atoms with Gasteiger partial charge in [0.1, 0.15) is 0 Å². The Morgan fingerprint density at radius 3 is 2.06 bits per heavy atom. The van der Waals surface area contributed by atoms with E-state index < -0.39 is 7.92 Å². The summed E-state index contributed by atoms with van der Waals surface area (Å²) in [5.74, 6) is 0.644. The molecule has 0 amide bonds. The molecule has 0 aliphatic heterocycles. The summed E-state index contributed by atoms with van der Waals surface area (Å²) in [6.45, 7) is 0. The summed E-state index contributed by atoms with van der Waals surface area (Å²) in [5, 5.41) is 18.7. The number of hydrogen-bond donors (Lipinski definition) is 1. The number of fused-ring (bicyclic) bond motifs is 1. The molecule has 1 aromatic heterocycles. The van der Waals surface area contributed by atoms with Crippen LogP contribution in [0, 0.1) is 0 Å². The normalized spacial score (nSPS) is 11.3. The van der Waals surface area contributed by atoms with E-state index in [0.29, 0.717) is 5.82 Å². The quantitative estimate of drug-likeness (QED) is 0.237. The summed E-state index contributed by atoms with van der Waals surface area (Å²) in [6.07, 6.45) is 3.63. The highest BCUT2D eigenvalue weighted by molar-refractivity contribution is 7.80. The molecule has 1 N–H and O–H groups in total. The predicted octanol–water partition coefficient (Wildman–Crippen LogP) is 4.83. The van der Waals surface area contributed by atoms with E-state index in [4.69, 9.17) is 0 Å². The van der Waals surface area contributed by atoms with Crippen LogP contribution in [0.4, 0.5) is 5.82 Å². The molecule has 32 heavy (non-hydrogen) atoms. The molecule has 0 aliphatic carbocycles. The molecular weight excluding hydrogens is 411 g/mol. The molecule has 0 fully saturated rings. The van der Waals surface area contributed by atoms with Gasteiger partial charge in [0.05, 0.1) is 12.4 Å². The second-order valence-corrected chi connectivity index (χ2v) is 9.40. The van der Waals surface area contributed by atoms with Crippen molar-refractivity contribution >= 4 is 46.6 Å². The van der Waals surface area contributed by atoms with Crippen molar-refractivity contribution in [2.45, 2.75) is 0 Å². The summed E-state index contributed by atoms with van der Waals surface area (Å²) < 4.78 is 0. The lowest BCUT2D eigenvalue weighted by atomic mass is 10.2. The van der Waals surface area contributed by atoms with E-state index in [1.165, 1.54) is 15.9 Å². The van der Waals surface area contributed by atoms with Gasteiger partial charge in [0.25, 0.3) is 0 Å². The van der Waals surface area contributed by atoms with Crippen LogP contribution in [0.3, 0.4) is 0 Å². The van der Waals surface area contributed by atoms with Crippen LogP contribution in [0.15, 0.2) is 120 Å². The molecular formula is C27H21N4P. The van der Waals surface area contributed by atoms with Crippen molar-refractivity contribution in [3.8, 4) is 0 Å². The number of aromatic nitrogens is 2. The zero-order chi connectivity index (χ0) is 21.6. The second-order valence-electron chi connectivity index (χ2n) is 7.22. The molecule has 1 heterocycles. The number of benzene rings is 4. The molecule has 5 aromatic rings. The Kier molecular flexibility index (Phi) is 5.95. The van der Waals surface area contributed by atoms with Crippen LogP contribution in [0.1, 0.15) is 5.56 Å². The lowest BCUT2D eigenvalue weighted by Gasteiger charge is -2.21. The Labute approximate surface area is 188 Å². The largest absolute Gasteiger partial charge is 0.259 e. The Morgan fingerprint density at radius 1 is 0.688 bits per heavy atom. The molecule has 0 aliphatic rings. The molecule has 4 nitrogen and oxygen atoms in total. The minimum atomic E-state index is -0.713. The van der Waals surface area contributed by atoms with E-state index in [1.54, 1.807) is 6.20 Å². The highest BCUT2D eigenvalue weighted by Crippen LogP contribution is 2.33. The molecule has 0 spiro atoms. The number of nitrogens with zero attached hydrogens (tertiary/aromatic N) is 3. The van der Waals surface area contributed by atoms with Gasteiger partial charge >= 0.3 is 0 Å². The fraction of sp³-hybridized carbons (Fsp3) is 0. The smallest absolute Gasteiger partial charge is 0.176 e. The topological polar surface area (TPSA) is 50.2 Å². The van der Waals surface area contributed by atoms with Crippen LogP contribution in [0.2, 0.25) is 0 Å². The fourth-order valence-electron chi connectivity index (χ4n) is 3.66. The molecule has 0 saturated carbocycles. The lowest BCUT2D eigenvalue weighted by Crippen LogP contribution is -2.23. The number of anilines is 1. The average Bonchev–Trinajstić information content (AvgIpc) is 2.87. The van der Waals surface area contributed by atoms with Crippen molar-refractivity contribution in [3.05, 3.63) is 121 Å². The van der Waals surface area contributed by atoms with Crippen LogP contribution in [0.25, 0.3) is 10.8 Å². The zero-order valence-corrected chi connectivity index (χ0v) is 18.2. The Bertz CT molecular complexity index is 1310. The summed E-state index contributed by atoms with van der Waals surface area (Å²) in [5.41, 5.74) is 4.16. The SMILES string of the molecule is C(=N\Nc1nncc2ccccc12)/c1ccccc1P(c1ccccc1)c1ccccc1. The maximum atomic E-state index is 4.53. The Hall–Kier alpha value is -3.88. The van der Waals surface area contributed by atoms with E-state index in [2.05, 4.69) is 99.6 Å². The van der Waals surface area contributed by atoms with Gasteiger partial charge in [-0.15, -0.1) is 5.10 Å². The van der Waals surface area contributed by atoms with E-state index in [0.717, 1.165) is 16.3 Å². The third-order valence-corrected chi connectivity index (χ3v) is 7.67. The lowest BCUT2D eigenvalue weighted by molar-refractivity contribution is 1.04. The first-order valence-electron chi connectivity index (χ1n) is 10.4. The van der Waals surface area contributed by atoms with Gasteiger partial charge in [-0.05, 0) is 23.8 Å². The van der Waals surface area contributed by atoms with Crippen molar-refractivity contribution in [3.63, 3.8) is 0 Å². The third kappa shape index (κ3) is 4.27. The van der Waals surface area contributed by atoms with Crippen molar-refractivity contribution in [2.75, 3.05) is 5.43 Å². The van der Waals surface area contributed by atoms with Gasteiger partial charge in [0, 0.05) is 16.3 Å². The first-order valence-corrected chi connectivity index (χ1v) is 11.7. The van der Waals surface area contributed by atoms with Gasteiger partial charge in [0.15, 0.2) is 5.82 Å². The standard InChI is InChI=1S/C27H21N4P/c1-3-13-23(14-4-1)32(24-15-5-2-6-16-24)26-18-10-8-12-22(26)20-29-31-27-25-17-9-7-11-21(25)19-28-30-27/h1-20H,(H,30,31)/b29-20+. The van der Waals surface area contributed by atoms with Crippen molar-refractivity contribution in [1.82, 2.24) is 10.2 Å². The third-order valence-electron chi connectivity index (χ3n) is 5.15. The van der Waals surface area contributed by atoms with Gasteiger partial charge in [0.2, 0.25) is 0 Å². The summed E-state index contributed by atoms with van der Waals surface area (Å²) in [6, 6.07) is 37.8. The van der Waals surface area contributed by atoms with Crippen molar-refractivity contribution in [2.24, 2.45) is 5.10 Å². The highest BCUT2D eigenvalue weighted by Gasteiger charge is 2.18. The zero-order valence-electron chi connectivity index (χ0n) is 17.3. The summed E-state index contributed by atoms with van der Waals surface area (Å²) >= 11 is 0. The van der Waals surface area contributed by atoms with E-state index >= 15 is 0 Å². The number of rotatable bonds is 6. The van der Waals surface area contributed by atoms with Crippen LogP contribution < -0.4 is 21.3 Å². The Balaban J connectivity index is 1.51. The molecule has 0 atom stereocenters. The van der Waals surface area contributed by atoms with Crippen molar-refractivity contribution < 1.29 is 0 Å². The van der Waals surface area contributed by atoms with Crippen LogP contribution in [-0.2, 0) is 0 Å². The molecule has 5 rings (SSSR count). The first kappa shape index (κ1) is 20.0. The monoisotopic (exact) mass is 432 g/mol. The van der Waals surface area contributed by atoms with E-state index in [1.807, 2.05) is 36.5 Å². The first-order chi connectivity index (χ1) is 15.9. The molecule has 0 unspecified atom stereocenters. The van der Waals surface area contributed by atoms with Crippen LogP contribution >= 0.6 is 7.92 Å². The molecule has 4 aromatic carbocycles. The molecule has 5 heteroatoms. The molecule has 0 bridgehead atoms. The van der Waals surface area contributed by atoms with Gasteiger partial charge in [-0.25, -0.2) is 0 Å². The molecule has 0 radical (unpaired) electrons. The predicted molar refractivity (Wildman–Crippen MR) is 136 cm³/mol. The summed E-state index contributed by atoms with van der Waals surface area (Å²) in [7, 11) is -0.713. The number of hydrazone groups is 1. The van der Waals surface area contributed by atoms with Gasteiger partial charge < -0.3 is 0 Å². The molecule has 154 valence electrons. The molecule has 0 saturated heterocycles. The van der Waals surface area contributed by atoms with Gasteiger partial charge in [-0.1, -0.05) is 109 Å². The number of nitrogens with one attached hydrogen (secondary N) is 1. The number of hydrogen-bond acceptors (Lipinski definition) is 4. The fourth-order valence-corrected chi connectivity index (χ4v) is 6.08. The second kappa shape index (κ2) is 9.51. The van der Waals surface area contributed by atoms with E-state index in [-0.39, 0.29) is 0 Å². The van der Waals surface area contributed by atoms with Gasteiger partial charge in [-0.2, -0.15) is 10.2 Å². The minimum Gasteiger partial charge on any atom is -0.259 e. The van der Waals surface area contributed by atoms with Crippen molar-refractivity contribution in [1.29, 1.82) is 0 Å². The maximum Gasteiger partial charge on any atom is 0.176 e.